The second-order valence-corrected chi connectivity index (χ2v) is 5.01. The zero-order valence-electron chi connectivity index (χ0n) is 9.39. The number of rotatable bonds is 4. The van der Waals surface area contributed by atoms with Gasteiger partial charge < -0.3 is 4.74 Å². The van der Waals surface area contributed by atoms with Crippen LogP contribution < -0.4 is 4.74 Å². The molecular formula is C12H14BrF2NO. The Hall–Kier alpha value is -0.680. The van der Waals surface area contributed by atoms with E-state index in [2.05, 4.69) is 20.8 Å². The van der Waals surface area contributed by atoms with Crippen LogP contribution in [0, 0.1) is 11.6 Å². The number of halogens is 3. The molecule has 0 saturated carbocycles. The van der Waals surface area contributed by atoms with Gasteiger partial charge in [-0.25, -0.2) is 4.39 Å². The first-order valence-electron chi connectivity index (χ1n) is 5.66. The molecule has 1 saturated heterocycles. The van der Waals surface area contributed by atoms with E-state index in [4.69, 9.17) is 4.74 Å². The quantitative estimate of drug-likeness (QED) is 0.792. The Morgan fingerprint density at radius 1 is 1.24 bits per heavy atom. The van der Waals surface area contributed by atoms with Crippen LogP contribution >= 0.6 is 15.9 Å². The van der Waals surface area contributed by atoms with E-state index in [0.717, 1.165) is 25.7 Å². The predicted molar refractivity (Wildman–Crippen MR) is 65.2 cm³/mol. The molecule has 1 aromatic rings. The van der Waals surface area contributed by atoms with E-state index in [-0.39, 0.29) is 5.75 Å². The minimum absolute atomic E-state index is 0.0314. The highest BCUT2D eigenvalue weighted by atomic mass is 79.9. The van der Waals surface area contributed by atoms with Crippen molar-refractivity contribution in [3.05, 3.63) is 28.2 Å². The van der Waals surface area contributed by atoms with Crippen LogP contribution in [0.1, 0.15) is 12.8 Å². The molecule has 0 aromatic heterocycles. The van der Waals surface area contributed by atoms with Crippen LogP contribution in [0.25, 0.3) is 0 Å². The highest BCUT2D eigenvalue weighted by molar-refractivity contribution is 9.10. The van der Waals surface area contributed by atoms with Crippen molar-refractivity contribution in [3.8, 4) is 5.75 Å². The maximum absolute atomic E-state index is 13.3. The fraction of sp³-hybridized carbons (Fsp3) is 0.500. The Bertz CT molecular complexity index is 394. The van der Waals surface area contributed by atoms with E-state index in [1.807, 2.05) is 0 Å². The predicted octanol–water partition coefficient (Wildman–Crippen LogP) is 3.20. The maximum Gasteiger partial charge on any atom is 0.200 e. The third-order valence-corrected chi connectivity index (χ3v) is 3.28. The molecule has 1 fully saturated rings. The van der Waals surface area contributed by atoms with Crippen LogP contribution in [0.4, 0.5) is 8.78 Å². The Balaban J connectivity index is 1.89. The first kappa shape index (κ1) is 12.8. The summed E-state index contributed by atoms with van der Waals surface area (Å²) in [5.74, 6) is -1.85. The van der Waals surface area contributed by atoms with Gasteiger partial charge in [-0.05, 0) is 38.1 Å². The summed E-state index contributed by atoms with van der Waals surface area (Å²) >= 11 is 3.11. The van der Waals surface area contributed by atoms with E-state index < -0.39 is 11.6 Å². The topological polar surface area (TPSA) is 12.5 Å². The normalized spacial score (nSPS) is 16.4. The molecule has 0 amide bonds. The number of ether oxygens (including phenoxy) is 1. The molecule has 2 rings (SSSR count). The van der Waals surface area contributed by atoms with Crippen molar-refractivity contribution in [2.75, 3.05) is 26.2 Å². The van der Waals surface area contributed by atoms with Crippen LogP contribution in [0.5, 0.6) is 5.75 Å². The van der Waals surface area contributed by atoms with Crippen molar-refractivity contribution < 1.29 is 13.5 Å². The smallest absolute Gasteiger partial charge is 0.200 e. The molecule has 1 aliphatic rings. The lowest BCUT2D eigenvalue weighted by atomic mass is 10.3. The zero-order chi connectivity index (χ0) is 12.3. The van der Waals surface area contributed by atoms with Gasteiger partial charge in [0.2, 0.25) is 5.82 Å². The molecule has 0 N–H and O–H groups in total. The number of benzene rings is 1. The Labute approximate surface area is 108 Å². The van der Waals surface area contributed by atoms with Gasteiger partial charge in [-0.3, -0.25) is 4.90 Å². The second kappa shape index (κ2) is 5.78. The molecular weight excluding hydrogens is 292 g/mol. The van der Waals surface area contributed by atoms with E-state index in [9.17, 15) is 8.78 Å². The molecule has 1 heterocycles. The van der Waals surface area contributed by atoms with Crippen molar-refractivity contribution in [2.45, 2.75) is 12.8 Å². The molecule has 17 heavy (non-hydrogen) atoms. The molecule has 1 aromatic carbocycles. The summed E-state index contributed by atoms with van der Waals surface area (Å²) in [6.07, 6.45) is 2.42. The third kappa shape index (κ3) is 3.39. The molecule has 1 aliphatic heterocycles. The van der Waals surface area contributed by atoms with Crippen molar-refractivity contribution in [1.29, 1.82) is 0 Å². The summed E-state index contributed by atoms with van der Waals surface area (Å²) in [7, 11) is 0. The number of hydrogen-bond donors (Lipinski definition) is 0. The molecule has 0 bridgehead atoms. The van der Waals surface area contributed by atoms with E-state index >= 15 is 0 Å². The summed E-state index contributed by atoms with van der Waals surface area (Å²) in [6.45, 7) is 3.28. The van der Waals surface area contributed by atoms with Crippen LogP contribution in [-0.4, -0.2) is 31.1 Å². The summed E-state index contributed by atoms with van der Waals surface area (Å²) in [5, 5.41) is 0. The van der Waals surface area contributed by atoms with Gasteiger partial charge in [-0.15, -0.1) is 0 Å². The van der Waals surface area contributed by atoms with Gasteiger partial charge in [0.25, 0.3) is 0 Å². The van der Waals surface area contributed by atoms with Gasteiger partial charge >= 0.3 is 0 Å². The minimum Gasteiger partial charge on any atom is -0.489 e. The van der Waals surface area contributed by atoms with Crippen LogP contribution in [0.15, 0.2) is 16.6 Å². The van der Waals surface area contributed by atoms with Gasteiger partial charge in [-0.1, -0.05) is 15.9 Å². The van der Waals surface area contributed by atoms with Gasteiger partial charge in [0.1, 0.15) is 6.61 Å². The third-order valence-electron chi connectivity index (χ3n) is 2.82. The molecule has 2 nitrogen and oxygen atoms in total. The van der Waals surface area contributed by atoms with E-state index in [1.54, 1.807) is 0 Å². The van der Waals surface area contributed by atoms with Gasteiger partial charge in [-0.2, -0.15) is 4.39 Å². The fourth-order valence-corrected chi connectivity index (χ4v) is 2.34. The first-order valence-corrected chi connectivity index (χ1v) is 6.46. The largest absolute Gasteiger partial charge is 0.489 e. The monoisotopic (exact) mass is 305 g/mol. The van der Waals surface area contributed by atoms with Gasteiger partial charge in [0.05, 0.1) is 0 Å². The summed E-state index contributed by atoms with van der Waals surface area (Å²) in [6, 6.07) is 2.53. The molecule has 5 heteroatoms. The number of nitrogens with zero attached hydrogens (tertiary/aromatic N) is 1. The highest BCUT2D eigenvalue weighted by Crippen LogP contribution is 2.25. The van der Waals surface area contributed by atoms with Crippen LogP contribution in [0.2, 0.25) is 0 Å². The molecule has 0 unspecified atom stereocenters. The number of hydrogen-bond acceptors (Lipinski definition) is 2. The van der Waals surface area contributed by atoms with Gasteiger partial charge in [0, 0.05) is 11.0 Å². The molecule has 0 radical (unpaired) electrons. The van der Waals surface area contributed by atoms with E-state index in [0.29, 0.717) is 11.1 Å². The van der Waals surface area contributed by atoms with Crippen molar-refractivity contribution >= 4 is 15.9 Å². The highest BCUT2D eigenvalue weighted by Gasteiger charge is 2.13. The van der Waals surface area contributed by atoms with Crippen LogP contribution in [-0.2, 0) is 0 Å². The second-order valence-electron chi connectivity index (χ2n) is 4.10. The minimum atomic E-state index is -0.922. The summed E-state index contributed by atoms with van der Waals surface area (Å²) in [5.41, 5.74) is 0. The maximum atomic E-state index is 13.3. The molecule has 0 spiro atoms. The summed E-state index contributed by atoms with van der Waals surface area (Å²) in [4.78, 5) is 2.26. The van der Waals surface area contributed by atoms with Crippen molar-refractivity contribution in [3.63, 3.8) is 0 Å². The van der Waals surface area contributed by atoms with Crippen LogP contribution in [0.3, 0.4) is 0 Å². The van der Waals surface area contributed by atoms with E-state index in [1.165, 1.54) is 18.9 Å². The lowest BCUT2D eigenvalue weighted by Gasteiger charge is -2.15. The first-order chi connectivity index (χ1) is 8.16. The molecule has 0 aliphatic carbocycles. The lowest BCUT2D eigenvalue weighted by molar-refractivity contribution is 0.229. The molecule has 94 valence electrons. The molecule has 0 atom stereocenters. The Morgan fingerprint density at radius 3 is 2.65 bits per heavy atom. The average Bonchev–Trinajstić information content (AvgIpc) is 2.78. The number of likely N-dealkylation sites (tertiary alicyclic amines) is 1. The Morgan fingerprint density at radius 2 is 1.94 bits per heavy atom. The van der Waals surface area contributed by atoms with Crippen molar-refractivity contribution in [2.24, 2.45) is 0 Å². The van der Waals surface area contributed by atoms with Gasteiger partial charge in [0.15, 0.2) is 11.6 Å². The standard InChI is InChI=1S/C12H14BrF2NO/c13-9-7-10(14)12(15)11(8-9)17-6-5-16-3-1-2-4-16/h7-8H,1-6H2. The van der Waals surface area contributed by atoms with Crippen molar-refractivity contribution in [1.82, 2.24) is 4.90 Å². The summed E-state index contributed by atoms with van der Waals surface area (Å²) < 4.78 is 32.2. The fourth-order valence-electron chi connectivity index (χ4n) is 1.93. The SMILES string of the molecule is Fc1cc(Br)cc(OCCN2CCCC2)c1F. The average molecular weight is 306 g/mol. The Kier molecular flexibility index (Phi) is 4.34. The zero-order valence-corrected chi connectivity index (χ0v) is 11.0. The lowest BCUT2D eigenvalue weighted by Crippen LogP contribution is -2.25.